The molecule has 0 heterocycles. The van der Waals surface area contributed by atoms with Crippen molar-refractivity contribution in [2.24, 2.45) is 0 Å². The van der Waals surface area contributed by atoms with Gasteiger partial charge < -0.3 is 19.4 Å². The number of rotatable bonds is 51. The predicted molar refractivity (Wildman–Crippen MR) is 304 cm³/mol. The van der Waals surface area contributed by atoms with E-state index in [0.29, 0.717) is 23.9 Å². The van der Waals surface area contributed by atoms with Crippen molar-refractivity contribution in [1.29, 1.82) is 0 Å². The summed E-state index contributed by atoms with van der Waals surface area (Å²) in [5.41, 5.74) is 0. The Morgan fingerprint density at radius 1 is 0.507 bits per heavy atom. The average Bonchev–Trinajstić information content (AvgIpc) is 3.33. The number of nitrogens with zero attached hydrogens (tertiary/aromatic N) is 1. The van der Waals surface area contributed by atoms with Crippen molar-refractivity contribution in [1.82, 2.24) is 5.32 Å². The number of allylic oxidation sites excluding steroid dienone is 13. The molecule has 0 saturated carbocycles. The molecular formula is C61H110N2O7P+. The molecule has 3 unspecified atom stereocenters. The Hall–Kier alpha value is -2.81. The second-order valence-electron chi connectivity index (χ2n) is 20.4. The van der Waals surface area contributed by atoms with E-state index in [0.717, 1.165) is 103 Å². The highest BCUT2D eigenvalue weighted by molar-refractivity contribution is 7.47. The first-order valence-electron chi connectivity index (χ1n) is 28.9. The molecule has 0 aliphatic carbocycles. The van der Waals surface area contributed by atoms with Gasteiger partial charge in [0.1, 0.15) is 19.3 Å². The number of carbonyl (C=O) groups is 2. The van der Waals surface area contributed by atoms with Gasteiger partial charge >= 0.3 is 13.8 Å². The summed E-state index contributed by atoms with van der Waals surface area (Å²) in [6.45, 7) is 6.85. The van der Waals surface area contributed by atoms with E-state index in [-0.39, 0.29) is 31.5 Å². The first kappa shape index (κ1) is 68.2. The molecule has 0 aromatic carbocycles. The van der Waals surface area contributed by atoms with E-state index >= 15 is 0 Å². The Bertz CT molecular complexity index is 1490. The van der Waals surface area contributed by atoms with Crippen LogP contribution in [-0.4, -0.2) is 74.3 Å². The number of hydrogen-bond acceptors (Lipinski definition) is 6. The lowest BCUT2D eigenvalue weighted by atomic mass is 10.0. The Morgan fingerprint density at radius 3 is 1.35 bits per heavy atom. The number of unbranched alkanes of at least 4 members (excludes halogenated alkanes) is 23. The lowest BCUT2D eigenvalue weighted by Crippen LogP contribution is -2.47. The fourth-order valence-corrected chi connectivity index (χ4v) is 8.62. The normalized spacial score (nSPS) is 14.4. The third-order valence-corrected chi connectivity index (χ3v) is 13.3. The molecule has 9 nitrogen and oxygen atoms in total. The molecule has 0 bridgehead atoms. The zero-order chi connectivity index (χ0) is 52.2. The molecule has 2 N–H and O–H groups in total. The summed E-state index contributed by atoms with van der Waals surface area (Å²) >= 11 is 0. The fraction of sp³-hybridized carbons (Fsp3) is 0.738. The van der Waals surface area contributed by atoms with Crippen molar-refractivity contribution in [2.75, 3.05) is 40.9 Å². The van der Waals surface area contributed by atoms with Crippen LogP contribution in [0.4, 0.5) is 0 Å². The van der Waals surface area contributed by atoms with Crippen molar-refractivity contribution in [3.05, 3.63) is 85.1 Å². The smallest absolute Gasteiger partial charge is 0.456 e. The topological polar surface area (TPSA) is 111 Å². The minimum Gasteiger partial charge on any atom is -0.456 e. The zero-order valence-electron chi connectivity index (χ0n) is 46.7. The van der Waals surface area contributed by atoms with Crippen molar-refractivity contribution >= 4 is 19.7 Å². The van der Waals surface area contributed by atoms with Gasteiger partial charge in [-0.1, -0.05) is 228 Å². The van der Waals surface area contributed by atoms with E-state index in [4.69, 9.17) is 13.8 Å². The SMILES string of the molecule is CC/C=C\C/C=C\C/C=C\C/C=C\C/C=C\C/C=C\CCCCCCC(=O)NC(COP(=O)(O)OCC[N+](C)(C)C)C(/C=C\CCCCCCCCCCC)OC(=O)CCCCCCCCCCCCC. The van der Waals surface area contributed by atoms with Crippen molar-refractivity contribution < 1.29 is 37.3 Å². The van der Waals surface area contributed by atoms with Crippen LogP contribution in [0.15, 0.2) is 85.1 Å². The van der Waals surface area contributed by atoms with Crippen LogP contribution in [0.3, 0.4) is 0 Å². The Labute approximate surface area is 437 Å². The Balaban J connectivity index is 5.26. The number of quaternary nitrogens is 1. The van der Waals surface area contributed by atoms with Gasteiger partial charge in [0.05, 0.1) is 33.8 Å². The highest BCUT2D eigenvalue weighted by atomic mass is 31.2. The van der Waals surface area contributed by atoms with Crippen molar-refractivity contribution in [3.63, 3.8) is 0 Å². The van der Waals surface area contributed by atoms with Crippen molar-refractivity contribution in [3.8, 4) is 0 Å². The number of esters is 1. The molecule has 0 aliphatic heterocycles. The van der Waals surface area contributed by atoms with Gasteiger partial charge in [0.25, 0.3) is 0 Å². The number of carbonyl (C=O) groups excluding carboxylic acids is 2. The summed E-state index contributed by atoms with van der Waals surface area (Å²) in [5, 5.41) is 3.03. The third kappa shape index (κ3) is 51.9. The van der Waals surface area contributed by atoms with E-state index in [2.05, 4.69) is 99.0 Å². The maximum absolute atomic E-state index is 13.5. The molecule has 0 aromatic heterocycles. The van der Waals surface area contributed by atoms with Gasteiger partial charge in [-0.05, 0) is 83.1 Å². The number of likely N-dealkylation sites (N-methyl/N-ethyl adjacent to an activating group) is 1. The van der Waals surface area contributed by atoms with E-state index in [1.165, 1.54) is 96.3 Å². The van der Waals surface area contributed by atoms with Gasteiger partial charge in [0.15, 0.2) is 0 Å². The highest BCUT2D eigenvalue weighted by Crippen LogP contribution is 2.43. The first-order chi connectivity index (χ1) is 34.4. The maximum Gasteiger partial charge on any atom is 0.472 e. The van der Waals surface area contributed by atoms with Crippen LogP contribution in [0, 0.1) is 0 Å². The van der Waals surface area contributed by atoms with Crippen LogP contribution in [0.5, 0.6) is 0 Å². The number of ether oxygens (including phenoxy) is 1. The quantitative estimate of drug-likeness (QED) is 0.0205. The van der Waals surface area contributed by atoms with Crippen LogP contribution >= 0.6 is 7.82 Å². The summed E-state index contributed by atoms with van der Waals surface area (Å²) in [5.74, 6) is -0.538. The van der Waals surface area contributed by atoms with Crippen LogP contribution in [-0.2, 0) is 27.9 Å². The molecule has 0 radical (unpaired) electrons. The lowest BCUT2D eigenvalue weighted by Gasteiger charge is -2.27. The van der Waals surface area contributed by atoms with E-state index in [1.807, 2.05) is 33.3 Å². The molecule has 0 saturated heterocycles. The number of amides is 1. The Morgan fingerprint density at radius 2 is 0.901 bits per heavy atom. The van der Waals surface area contributed by atoms with Gasteiger partial charge in [-0.15, -0.1) is 0 Å². The molecule has 0 aromatic rings. The van der Waals surface area contributed by atoms with Crippen molar-refractivity contribution in [2.45, 2.75) is 251 Å². The summed E-state index contributed by atoms with van der Waals surface area (Å²) in [6, 6.07) is -0.862. The molecule has 0 aliphatic rings. The van der Waals surface area contributed by atoms with Crippen LogP contribution < -0.4 is 5.32 Å². The minimum absolute atomic E-state index is 0.0322. The monoisotopic (exact) mass is 1010 g/mol. The van der Waals surface area contributed by atoms with E-state index in [1.54, 1.807) is 0 Å². The molecular weight excluding hydrogens is 904 g/mol. The highest BCUT2D eigenvalue weighted by Gasteiger charge is 2.30. The predicted octanol–water partition coefficient (Wildman–Crippen LogP) is 17.4. The first-order valence-corrected chi connectivity index (χ1v) is 30.4. The molecule has 3 atom stereocenters. The standard InChI is InChI=1S/C61H109N2O7P/c1-7-10-13-16-19-22-25-26-27-28-29-30-31-32-33-34-35-36-39-41-44-47-50-53-60(64)62-58(57-69-71(66,67)68-56-55-63(4,5)6)59(52-49-46-43-40-37-23-20-17-14-11-8-2)70-61(65)54-51-48-45-42-38-24-21-18-15-12-9-3/h10,13,19,22,26-27,29-30,32-33,35-36,49,52,58-59H,7-9,11-12,14-18,20-21,23-25,28,31,34,37-48,50-51,53-57H2,1-6H3,(H-,62,64,66,67)/p+1/b13-10-,22-19-,27-26-,30-29-,33-32-,36-35-,52-49-. The van der Waals surface area contributed by atoms with E-state index < -0.39 is 20.0 Å². The van der Waals surface area contributed by atoms with Crippen LogP contribution in [0.2, 0.25) is 0 Å². The third-order valence-electron chi connectivity index (χ3n) is 12.3. The summed E-state index contributed by atoms with van der Waals surface area (Å²) in [6.07, 6.45) is 65.8. The average molecular weight is 1010 g/mol. The molecule has 0 fully saturated rings. The van der Waals surface area contributed by atoms with Gasteiger partial charge in [-0.2, -0.15) is 0 Å². The van der Waals surface area contributed by atoms with Gasteiger partial charge in [0.2, 0.25) is 5.91 Å². The number of phosphoric ester groups is 1. The molecule has 410 valence electrons. The maximum atomic E-state index is 13.5. The molecule has 0 rings (SSSR count). The van der Waals surface area contributed by atoms with Crippen LogP contribution in [0.1, 0.15) is 239 Å². The number of hydrogen-bond donors (Lipinski definition) is 2. The fourth-order valence-electron chi connectivity index (χ4n) is 7.88. The van der Waals surface area contributed by atoms with Gasteiger partial charge in [-0.3, -0.25) is 18.6 Å². The van der Waals surface area contributed by atoms with Gasteiger partial charge in [0, 0.05) is 12.8 Å². The molecule has 71 heavy (non-hydrogen) atoms. The van der Waals surface area contributed by atoms with Gasteiger partial charge in [-0.25, -0.2) is 4.57 Å². The molecule has 1 amide bonds. The second-order valence-corrected chi connectivity index (χ2v) is 21.9. The zero-order valence-corrected chi connectivity index (χ0v) is 47.6. The molecule has 10 heteroatoms. The summed E-state index contributed by atoms with van der Waals surface area (Å²) < 4.78 is 30.5. The molecule has 0 spiro atoms. The lowest BCUT2D eigenvalue weighted by molar-refractivity contribution is -0.870. The summed E-state index contributed by atoms with van der Waals surface area (Å²) in [7, 11) is 1.47. The van der Waals surface area contributed by atoms with E-state index in [9.17, 15) is 19.0 Å². The number of phosphoric acid groups is 1. The second kappa shape index (κ2) is 50.7. The van der Waals surface area contributed by atoms with Crippen LogP contribution in [0.25, 0.3) is 0 Å². The summed E-state index contributed by atoms with van der Waals surface area (Å²) in [4.78, 5) is 37.5. The minimum atomic E-state index is -4.45. The Kier molecular flexibility index (Phi) is 48.7. The number of nitrogens with one attached hydrogen (secondary N) is 1. The largest absolute Gasteiger partial charge is 0.472 e.